The summed E-state index contributed by atoms with van der Waals surface area (Å²) in [6.07, 6.45) is 1.47. The fourth-order valence-electron chi connectivity index (χ4n) is 1.19. The highest BCUT2D eigenvalue weighted by Crippen LogP contribution is 2.15. The second kappa shape index (κ2) is 2.52. The molecule has 12 heavy (non-hydrogen) atoms. The Kier molecular flexibility index (Phi) is 1.50. The number of hydrogen-bond donors (Lipinski definition) is 0. The molecule has 60 valence electrons. The molecule has 3 nitrogen and oxygen atoms in total. The second-order valence-corrected chi connectivity index (χ2v) is 2.84. The average Bonchev–Trinajstić information content (AvgIpc) is 2.12. The first-order chi connectivity index (χ1) is 5.79. The van der Waals surface area contributed by atoms with Gasteiger partial charge < -0.3 is 0 Å². The molecule has 0 saturated carbocycles. The molecule has 1 aromatic carbocycles. The van der Waals surface area contributed by atoms with E-state index in [1.165, 1.54) is 11.9 Å². The van der Waals surface area contributed by atoms with Gasteiger partial charge in [-0.25, -0.2) is 4.98 Å². The van der Waals surface area contributed by atoms with Crippen LogP contribution in [0.4, 0.5) is 0 Å². The number of benzene rings is 1. The number of fused-ring (bicyclic) bond motifs is 1. The van der Waals surface area contributed by atoms with Crippen molar-refractivity contribution in [1.82, 2.24) is 15.2 Å². The lowest BCUT2D eigenvalue weighted by Crippen LogP contribution is -1.91. The van der Waals surface area contributed by atoms with Crippen molar-refractivity contribution in [3.8, 4) is 0 Å². The van der Waals surface area contributed by atoms with Crippen LogP contribution in [0.15, 0.2) is 18.5 Å². The maximum absolute atomic E-state index is 4.11. The molecule has 3 heteroatoms. The van der Waals surface area contributed by atoms with Crippen molar-refractivity contribution in [2.75, 3.05) is 0 Å². The van der Waals surface area contributed by atoms with Gasteiger partial charge in [0.25, 0.3) is 0 Å². The van der Waals surface area contributed by atoms with Crippen molar-refractivity contribution in [3.05, 3.63) is 29.6 Å². The number of rotatable bonds is 0. The van der Waals surface area contributed by atoms with Crippen molar-refractivity contribution in [2.24, 2.45) is 0 Å². The molecule has 0 radical (unpaired) electrons. The van der Waals surface area contributed by atoms with E-state index in [-0.39, 0.29) is 0 Å². The molecule has 1 heterocycles. The van der Waals surface area contributed by atoms with E-state index in [1.54, 1.807) is 0 Å². The zero-order valence-electron chi connectivity index (χ0n) is 7.07. The number of hydrogen-bond acceptors (Lipinski definition) is 3. The van der Waals surface area contributed by atoms with E-state index in [1.807, 2.05) is 19.1 Å². The predicted octanol–water partition coefficient (Wildman–Crippen LogP) is 1.64. The summed E-state index contributed by atoms with van der Waals surface area (Å²) < 4.78 is 0. The minimum Gasteiger partial charge on any atom is -0.233 e. The van der Waals surface area contributed by atoms with Gasteiger partial charge in [0.15, 0.2) is 0 Å². The van der Waals surface area contributed by atoms with Crippen molar-refractivity contribution in [1.29, 1.82) is 0 Å². The summed E-state index contributed by atoms with van der Waals surface area (Å²) in [5.41, 5.74) is 4.20. The van der Waals surface area contributed by atoms with E-state index >= 15 is 0 Å². The number of aryl methyl sites for hydroxylation is 2. The van der Waals surface area contributed by atoms with E-state index in [2.05, 4.69) is 22.1 Å². The minimum absolute atomic E-state index is 0.900. The summed E-state index contributed by atoms with van der Waals surface area (Å²) in [6.45, 7) is 4.09. The van der Waals surface area contributed by atoms with Gasteiger partial charge in [-0.05, 0) is 31.0 Å². The topological polar surface area (TPSA) is 38.7 Å². The Morgan fingerprint density at radius 3 is 2.83 bits per heavy atom. The highest BCUT2D eigenvalue weighted by molar-refractivity contribution is 5.77. The Bertz CT molecular complexity index is 423. The Hall–Kier alpha value is -1.51. The fourth-order valence-corrected chi connectivity index (χ4v) is 1.19. The van der Waals surface area contributed by atoms with E-state index in [0.29, 0.717) is 0 Å². The first-order valence-electron chi connectivity index (χ1n) is 3.82. The largest absolute Gasteiger partial charge is 0.233 e. The third kappa shape index (κ3) is 0.942. The van der Waals surface area contributed by atoms with Crippen LogP contribution in [0, 0.1) is 13.8 Å². The van der Waals surface area contributed by atoms with Gasteiger partial charge in [0.2, 0.25) is 0 Å². The SMILES string of the molecule is Cc1ccc2ncnnc2c1C. The average molecular weight is 159 g/mol. The number of aromatic nitrogens is 3. The van der Waals surface area contributed by atoms with E-state index in [0.717, 1.165) is 16.6 Å². The maximum Gasteiger partial charge on any atom is 0.138 e. The van der Waals surface area contributed by atoms with Crippen molar-refractivity contribution >= 4 is 11.0 Å². The van der Waals surface area contributed by atoms with Gasteiger partial charge in [0.05, 0.1) is 5.52 Å². The lowest BCUT2D eigenvalue weighted by atomic mass is 10.1. The molecule has 0 aliphatic carbocycles. The predicted molar refractivity (Wildman–Crippen MR) is 46.8 cm³/mol. The van der Waals surface area contributed by atoms with Crippen LogP contribution in [-0.4, -0.2) is 15.2 Å². The molecule has 0 unspecified atom stereocenters. The zero-order valence-corrected chi connectivity index (χ0v) is 7.07. The van der Waals surface area contributed by atoms with E-state index in [9.17, 15) is 0 Å². The maximum atomic E-state index is 4.11. The van der Waals surface area contributed by atoms with Crippen LogP contribution in [0.25, 0.3) is 11.0 Å². The highest BCUT2D eigenvalue weighted by atomic mass is 15.1. The monoisotopic (exact) mass is 159 g/mol. The first-order valence-corrected chi connectivity index (χ1v) is 3.82. The van der Waals surface area contributed by atoms with Crippen molar-refractivity contribution < 1.29 is 0 Å². The molecule has 2 aromatic rings. The second-order valence-electron chi connectivity index (χ2n) is 2.84. The molecule has 0 spiro atoms. The highest BCUT2D eigenvalue weighted by Gasteiger charge is 2.01. The summed E-state index contributed by atoms with van der Waals surface area (Å²) in [6, 6.07) is 4.01. The quantitative estimate of drug-likeness (QED) is 0.586. The number of nitrogens with zero attached hydrogens (tertiary/aromatic N) is 3. The Morgan fingerprint density at radius 2 is 2.00 bits per heavy atom. The minimum atomic E-state index is 0.900. The van der Waals surface area contributed by atoms with Gasteiger partial charge in [-0.15, -0.1) is 10.2 Å². The molecule has 1 aromatic heterocycles. The summed E-state index contributed by atoms with van der Waals surface area (Å²) in [5, 5.41) is 7.78. The summed E-state index contributed by atoms with van der Waals surface area (Å²) >= 11 is 0. The molecule has 0 N–H and O–H groups in total. The van der Waals surface area contributed by atoms with Crippen LogP contribution in [-0.2, 0) is 0 Å². The van der Waals surface area contributed by atoms with Crippen LogP contribution in [0.1, 0.15) is 11.1 Å². The molecular weight excluding hydrogens is 150 g/mol. The Balaban J connectivity index is 2.91. The molecule has 0 bridgehead atoms. The summed E-state index contributed by atoms with van der Waals surface area (Å²) in [7, 11) is 0. The molecule has 0 aliphatic heterocycles. The summed E-state index contributed by atoms with van der Waals surface area (Å²) in [4.78, 5) is 4.11. The van der Waals surface area contributed by atoms with Crippen molar-refractivity contribution in [2.45, 2.75) is 13.8 Å². The van der Waals surface area contributed by atoms with Gasteiger partial charge in [0, 0.05) is 0 Å². The summed E-state index contributed by atoms with van der Waals surface area (Å²) in [5.74, 6) is 0. The van der Waals surface area contributed by atoms with Crippen LogP contribution in [0.2, 0.25) is 0 Å². The molecule has 0 atom stereocenters. The lowest BCUT2D eigenvalue weighted by Gasteiger charge is -2.01. The molecular formula is C9H9N3. The van der Waals surface area contributed by atoms with E-state index in [4.69, 9.17) is 0 Å². The molecule has 0 saturated heterocycles. The molecule has 2 rings (SSSR count). The first kappa shape index (κ1) is 7.16. The van der Waals surface area contributed by atoms with Gasteiger partial charge in [-0.1, -0.05) is 6.07 Å². The van der Waals surface area contributed by atoms with E-state index < -0.39 is 0 Å². The lowest BCUT2D eigenvalue weighted by molar-refractivity contribution is 1.01. The zero-order chi connectivity index (χ0) is 8.55. The van der Waals surface area contributed by atoms with Crippen LogP contribution in [0.3, 0.4) is 0 Å². The van der Waals surface area contributed by atoms with Gasteiger partial charge >= 0.3 is 0 Å². The van der Waals surface area contributed by atoms with Gasteiger partial charge in [-0.2, -0.15) is 0 Å². The molecule has 0 aliphatic rings. The van der Waals surface area contributed by atoms with Crippen molar-refractivity contribution in [3.63, 3.8) is 0 Å². The third-order valence-corrected chi connectivity index (χ3v) is 2.09. The van der Waals surface area contributed by atoms with Crippen LogP contribution < -0.4 is 0 Å². The fraction of sp³-hybridized carbons (Fsp3) is 0.222. The van der Waals surface area contributed by atoms with Gasteiger partial charge in [0.1, 0.15) is 11.8 Å². The third-order valence-electron chi connectivity index (χ3n) is 2.09. The standard InChI is InChI=1S/C9H9N3/c1-6-3-4-8-9(7(6)2)12-11-5-10-8/h3-5H,1-2H3. The van der Waals surface area contributed by atoms with Crippen LogP contribution >= 0.6 is 0 Å². The van der Waals surface area contributed by atoms with Crippen LogP contribution in [0.5, 0.6) is 0 Å². The smallest absolute Gasteiger partial charge is 0.138 e. The normalized spacial score (nSPS) is 10.5. The Morgan fingerprint density at radius 1 is 1.17 bits per heavy atom. The van der Waals surface area contributed by atoms with Gasteiger partial charge in [-0.3, -0.25) is 0 Å². The molecule has 0 fully saturated rings. The molecule has 0 amide bonds. The Labute approximate surface area is 70.5 Å².